The zero-order chi connectivity index (χ0) is 24.1. The van der Waals surface area contributed by atoms with Crippen LogP contribution >= 0.6 is 23.2 Å². The molecule has 0 unspecified atom stereocenters. The summed E-state index contributed by atoms with van der Waals surface area (Å²) in [5.74, 6) is 0.511. The first-order valence-electron chi connectivity index (χ1n) is 10.1. The molecule has 2 heterocycles. The molecule has 0 saturated carbocycles. The third kappa shape index (κ3) is 5.96. The van der Waals surface area contributed by atoms with E-state index in [-0.39, 0.29) is 6.54 Å². The molecule has 9 nitrogen and oxygen atoms in total. The number of ether oxygens (including phenoxy) is 1. The number of fused-ring (bicyclic) bond motifs is 1. The highest BCUT2D eigenvalue weighted by molar-refractivity contribution is 7.73. The molecule has 12 heteroatoms. The number of benzene rings is 2. The number of thiol groups is 1. The number of hydrogen-bond acceptors (Lipinski definition) is 7. The molecule has 2 aromatic carbocycles. The van der Waals surface area contributed by atoms with Crippen LogP contribution < -0.4 is 15.4 Å². The Morgan fingerprint density at radius 2 is 1.94 bits per heavy atom. The van der Waals surface area contributed by atoms with Crippen LogP contribution in [-0.4, -0.2) is 41.2 Å². The van der Waals surface area contributed by atoms with E-state index in [4.69, 9.17) is 27.9 Å². The number of anilines is 2. The van der Waals surface area contributed by atoms with Gasteiger partial charge in [-0.3, -0.25) is 4.79 Å². The number of halogens is 2. The number of hydrogen-bond donors (Lipinski definition) is 3. The molecular formula is C22H19Cl2N5O4S. The molecule has 4 aromatic rings. The van der Waals surface area contributed by atoms with Crippen LogP contribution in [0, 0.1) is 0 Å². The van der Waals surface area contributed by atoms with Crippen molar-refractivity contribution >= 4 is 62.4 Å². The predicted molar refractivity (Wildman–Crippen MR) is 132 cm³/mol. The van der Waals surface area contributed by atoms with Gasteiger partial charge in [-0.05, 0) is 42.5 Å². The number of nitrogens with one attached hydrogen (secondary N) is 2. The minimum absolute atomic E-state index is 0.251. The Morgan fingerprint density at radius 1 is 1.09 bits per heavy atom. The molecule has 0 aliphatic carbocycles. The van der Waals surface area contributed by atoms with E-state index in [0.29, 0.717) is 45.1 Å². The summed E-state index contributed by atoms with van der Waals surface area (Å²) in [4.78, 5) is 20.2. The smallest absolute Gasteiger partial charge is 0.234 e. The van der Waals surface area contributed by atoms with Crippen molar-refractivity contribution < 1.29 is 17.9 Å². The number of aromatic nitrogens is 3. The van der Waals surface area contributed by atoms with Gasteiger partial charge in [0, 0.05) is 30.0 Å². The number of carbonyl (C=O) groups is 1. The molecule has 2 N–H and O–H groups in total. The highest BCUT2D eigenvalue weighted by Gasteiger charge is 2.12. The van der Waals surface area contributed by atoms with Gasteiger partial charge in [-0.2, -0.15) is 0 Å². The van der Waals surface area contributed by atoms with Crippen molar-refractivity contribution in [2.75, 3.05) is 17.6 Å². The normalized spacial score (nSPS) is 11.0. The molecule has 4 rings (SSSR count). The summed E-state index contributed by atoms with van der Waals surface area (Å²) >= 11 is 12.4. The number of nitrogens with zero attached hydrogens (tertiary/aromatic N) is 3. The van der Waals surface area contributed by atoms with Crippen molar-refractivity contribution in [1.29, 1.82) is 0 Å². The average Bonchev–Trinajstić information content (AvgIpc) is 3.19. The van der Waals surface area contributed by atoms with E-state index in [1.54, 1.807) is 42.5 Å². The van der Waals surface area contributed by atoms with Gasteiger partial charge in [0.05, 0.1) is 10.5 Å². The summed E-state index contributed by atoms with van der Waals surface area (Å²) < 4.78 is 29.0. The maximum atomic E-state index is 11.6. The fourth-order valence-corrected chi connectivity index (χ4v) is 4.00. The number of rotatable bonds is 9. The van der Waals surface area contributed by atoms with E-state index >= 15 is 0 Å². The summed E-state index contributed by atoms with van der Waals surface area (Å²) in [5, 5.41) is 6.77. The summed E-state index contributed by atoms with van der Waals surface area (Å²) in [6.07, 6.45) is 3.26. The second kappa shape index (κ2) is 10.7. The molecule has 0 radical (unpaired) electrons. The highest BCUT2D eigenvalue weighted by Crippen LogP contribution is 2.34. The van der Waals surface area contributed by atoms with Crippen LogP contribution in [0.1, 0.15) is 0 Å². The molecule has 0 atom stereocenters. The van der Waals surface area contributed by atoms with Crippen molar-refractivity contribution in [3.8, 4) is 11.5 Å². The quantitative estimate of drug-likeness (QED) is 0.286. The Labute approximate surface area is 206 Å². The van der Waals surface area contributed by atoms with E-state index in [0.717, 1.165) is 5.52 Å². The highest BCUT2D eigenvalue weighted by atomic mass is 35.5. The third-order valence-electron chi connectivity index (χ3n) is 4.72. The van der Waals surface area contributed by atoms with E-state index in [1.807, 2.05) is 16.8 Å². The predicted octanol–water partition coefficient (Wildman–Crippen LogP) is 4.00. The van der Waals surface area contributed by atoms with Crippen LogP contribution in [0.4, 0.5) is 11.5 Å². The van der Waals surface area contributed by atoms with Gasteiger partial charge in [0.25, 0.3) is 0 Å². The van der Waals surface area contributed by atoms with E-state index in [1.165, 1.54) is 6.33 Å². The van der Waals surface area contributed by atoms with Crippen molar-refractivity contribution in [3.05, 3.63) is 71.1 Å². The van der Waals surface area contributed by atoms with Crippen molar-refractivity contribution in [2.45, 2.75) is 6.54 Å². The molecule has 0 aliphatic rings. The molecule has 176 valence electrons. The second-order valence-electron chi connectivity index (χ2n) is 7.14. The Morgan fingerprint density at radius 3 is 2.71 bits per heavy atom. The van der Waals surface area contributed by atoms with Gasteiger partial charge in [-0.1, -0.05) is 29.3 Å². The lowest BCUT2D eigenvalue weighted by atomic mass is 10.3. The Kier molecular flexibility index (Phi) is 7.51. The van der Waals surface area contributed by atoms with Gasteiger partial charge in [0.1, 0.15) is 39.8 Å². The van der Waals surface area contributed by atoms with Crippen molar-refractivity contribution in [3.63, 3.8) is 0 Å². The lowest BCUT2D eigenvalue weighted by molar-refractivity contribution is -0.118. The van der Waals surface area contributed by atoms with Crippen molar-refractivity contribution in [2.24, 2.45) is 0 Å². The maximum absolute atomic E-state index is 11.6. The van der Waals surface area contributed by atoms with Crippen LogP contribution in [0.25, 0.3) is 11.0 Å². The molecule has 2 aromatic heterocycles. The van der Waals surface area contributed by atoms with Gasteiger partial charge >= 0.3 is 0 Å². The van der Waals surface area contributed by atoms with Crippen LogP contribution in [0.15, 0.2) is 61.1 Å². The summed E-state index contributed by atoms with van der Waals surface area (Å²) in [7, 11) is -2.76. The SMILES string of the molecule is O=C(C[SH](=O)=O)NCCn1ccc2ncnc(Nc3ccc(Oc4cccc(Cl)c4)c(Cl)c3)c21. The lowest BCUT2D eigenvalue weighted by Crippen LogP contribution is -2.30. The largest absolute Gasteiger partial charge is 0.456 e. The first-order chi connectivity index (χ1) is 16.4. The van der Waals surface area contributed by atoms with Gasteiger partial charge in [-0.25, -0.2) is 18.4 Å². The number of carbonyl (C=O) groups excluding carboxylic acids is 1. The van der Waals surface area contributed by atoms with Crippen LogP contribution in [0.2, 0.25) is 10.0 Å². The first-order valence-corrected chi connectivity index (χ1v) is 12.2. The molecule has 0 spiro atoms. The van der Waals surface area contributed by atoms with E-state index in [9.17, 15) is 13.2 Å². The maximum Gasteiger partial charge on any atom is 0.234 e. The fourth-order valence-electron chi connectivity index (χ4n) is 3.25. The third-order valence-corrected chi connectivity index (χ3v) is 5.79. The molecule has 0 fully saturated rings. The summed E-state index contributed by atoms with van der Waals surface area (Å²) in [6, 6.07) is 14.1. The van der Waals surface area contributed by atoms with E-state index in [2.05, 4.69) is 20.6 Å². The average molecular weight is 520 g/mol. The standard InChI is InChI=1S/C22H19Cl2N5O4S/c23-14-2-1-3-16(10-14)33-19-5-4-15(11-17(19)24)28-22-21-18(26-13-27-22)6-8-29(21)9-7-25-20(30)12-34(31)32/h1-6,8,10-11,13,34H,7,9,12H2,(H,25,30)(H,26,27,28). The summed E-state index contributed by atoms with van der Waals surface area (Å²) in [5.41, 5.74) is 2.12. The zero-order valence-electron chi connectivity index (χ0n) is 17.6. The molecule has 0 saturated heterocycles. The van der Waals surface area contributed by atoms with Crippen LogP contribution in [0.5, 0.6) is 11.5 Å². The topological polar surface area (TPSA) is 115 Å². The van der Waals surface area contributed by atoms with Crippen molar-refractivity contribution in [1.82, 2.24) is 19.9 Å². The first kappa shape index (κ1) is 23.8. The minimum atomic E-state index is -2.76. The van der Waals surface area contributed by atoms with Crippen LogP contribution in [-0.2, 0) is 22.0 Å². The lowest BCUT2D eigenvalue weighted by Gasteiger charge is -2.13. The van der Waals surface area contributed by atoms with Gasteiger partial charge < -0.3 is 19.9 Å². The zero-order valence-corrected chi connectivity index (χ0v) is 20.0. The number of amides is 1. The van der Waals surface area contributed by atoms with Gasteiger partial charge in [0.15, 0.2) is 5.82 Å². The molecule has 0 aliphatic heterocycles. The van der Waals surface area contributed by atoms with E-state index < -0.39 is 22.4 Å². The molecular weight excluding hydrogens is 501 g/mol. The molecule has 34 heavy (non-hydrogen) atoms. The second-order valence-corrected chi connectivity index (χ2v) is 8.96. The fraction of sp³-hybridized carbons (Fsp3) is 0.136. The van der Waals surface area contributed by atoms with Gasteiger partial charge in [0.2, 0.25) is 5.91 Å². The molecule has 1 amide bonds. The Balaban J connectivity index is 1.50. The van der Waals surface area contributed by atoms with Crippen LogP contribution in [0.3, 0.4) is 0 Å². The monoisotopic (exact) mass is 519 g/mol. The molecule has 0 bridgehead atoms. The summed E-state index contributed by atoms with van der Waals surface area (Å²) in [6.45, 7) is 0.654. The minimum Gasteiger partial charge on any atom is -0.456 e. The Hall–Kier alpha value is -3.34. The van der Waals surface area contributed by atoms with Gasteiger partial charge in [-0.15, -0.1) is 0 Å². The Bertz CT molecular complexity index is 1420.